The first-order chi connectivity index (χ1) is 21.4. The second kappa shape index (κ2) is 12.0. The molecule has 0 saturated carbocycles. The molecule has 0 unspecified atom stereocenters. The van der Waals surface area contributed by atoms with Gasteiger partial charge in [-0.25, -0.2) is 9.97 Å². The lowest BCUT2D eigenvalue weighted by Crippen LogP contribution is -1.84. The summed E-state index contributed by atoms with van der Waals surface area (Å²) in [5.41, 5.74) is 9.20. The lowest BCUT2D eigenvalue weighted by atomic mass is 10.1. The smallest absolute Gasteiger partial charge is 0.138 e. The lowest BCUT2D eigenvalue weighted by molar-refractivity contribution is 1.29. The predicted molar refractivity (Wildman–Crippen MR) is 183 cm³/mol. The van der Waals surface area contributed by atoms with Crippen molar-refractivity contribution in [2.45, 2.75) is 0 Å². The van der Waals surface area contributed by atoms with Gasteiger partial charge in [-0.05, 0) is 48.5 Å². The fraction of sp³-hybridized carbons (Fsp3) is 0. The number of hydrogen-bond donors (Lipinski definition) is 2. The molecule has 5 aromatic carbocycles. The molecule has 0 bridgehead atoms. The number of aromatic nitrogens is 4. The summed E-state index contributed by atoms with van der Waals surface area (Å²) in [5.74, 6) is 1.49. The molecule has 0 aliphatic carbocycles. The average molecular weight is 652 g/mol. The van der Waals surface area contributed by atoms with Crippen LogP contribution >= 0.6 is 46.4 Å². The van der Waals surface area contributed by atoms with Gasteiger partial charge in [0.05, 0.1) is 22.8 Å². The minimum absolute atomic E-state index is 0.671. The maximum atomic E-state index is 6.17. The van der Waals surface area contributed by atoms with Crippen LogP contribution < -0.4 is 0 Å². The molecule has 214 valence electrons. The predicted octanol–water partition coefficient (Wildman–Crippen LogP) is 11.7. The Morgan fingerprint density at radius 2 is 0.568 bits per heavy atom. The van der Waals surface area contributed by atoms with Crippen molar-refractivity contribution >= 4 is 46.4 Å². The Bertz CT molecular complexity index is 1780. The minimum atomic E-state index is 0.671. The highest BCUT2D eigenvalue weighted by atomic mass is 35.5. The first-order valence-electron chi connectivity index (χ1n) is 13.8. The number of halogens is 4. The maximum absolute atomic E-state index is 6.17. The summed E-state index contributed by atoms with van der Waals surface area (Å²) >= 11 is 24.7. The molecule has 0 radical (unpaired) electrons. The van der Waals surface area contributed by atoms with Crippen molar-refractivity contribution < 1.29 is 0 Å². The molecule has 2 aromatic heterocycles. The third-order valence-electron chi connectivity index (χ3n) is 7.34. The Hall–Kier alpha value is -4.32. The van der Waals surface area contributed by atoms with E-state index in [9.17, 15) is 0 Å². The number of nitrogens with zero attached hydrogens (tertiary/aromatic N) is 2. The van der Waals surface area contributed by atoms with E-state index in [1.165, 1.54) is 0 Å². The van der Waals surface area contributed by atoms with E-state index in [0.717, 1.165) is 67.8 Å². The van der Waals surface area contributed by atoms with E-state index in [-0.39, 0.29) is 0 Å². The van der Waals surface area contributed by atoms with Gasteiger partial charge >= 0.3 is 0 Å². The number of benzene rings is 5. The highest BCUT2D eigenvalue weighted by Gasteiger charge is 2.18. The van der Waals surface area contributed by atoms with Gasteiger partial charge in [-0.2, -0.15) is 0 Å². The first-order valence-corrected chi connectivity index (χ1v) is 15.3. The van der Waals surface area contributed by atoms with Crippen molar-refractivity contribution in [2.75, 3.05) is 0 Å². The first kappa shape index (κ1) is 28.5. The highest BCUT2D eigenvalue weighted by molar-refractivity contribution is 6.31. The molecule has 2 heterocycles. The standard InChI is InChI=1S/C36H22Cl4N4/c37-27-13-5-21(6-14-27)31-32(22-7-15-28(38)16-8-22)42-35(41-31)25-1-2-26(4-3-25)36-43-33(23-9-17-29(39)18-10-23)34(44-36)24-11-19-30(40)20-12-24/h1-20H,(H,41,42)(H,43,44). The molecular weight excluding hydrogens is 630 g/mol. The summed E-state index contributed by atoms with van der Waals surface area (Å²) in [6.45, 7) is 0. The van der Waals surface area contributed by atoms with Crippen LogP contribution in [0.3, 0.4) is 0 Å². The number of H-pyrrole nitrogens is 2. The molecule has 7 rings (SSSR count). The number of nitrogens with one attached hydrogen (secondary N) is 2. The molecule has 0 fully saturated rings. The van der Waals surface area contributed by atoms with Gasteiger partial charge < -0.3 is 9.97 Å². The Balaban J connectivity index is 1.27. The van der Waals surface area contributed by atoms with E-state index in [4.69, 9.17) is 56.4 Å². The summed E-state index contributed by atoms with van der Waals surface area (Å²) in [6, 6.07) is 38.9. The SMILES string of the molecule is Clc1ccc(-c2nc(-c3ccc(-c4nc(-c5ccc(Cl)cc5)c(-c5ccc(Cl)cc5)[nH]4)cc3)[nH]c2-c2ccc(Cl)cc2)cc1. The molecule has 0 spiro atoms. The van der Waals surface area contributed by atoms with E-state index in [0.29, 0.717) is 20.1 Å². The molecule has 0 aliphatic rings. The Morgan fingerprint density at radius 1 is 0.318 bits per heavy atom. The monoisotopic (exact) mass is 650 g/mol. The summed E-state index contributed by atoms with van der Waals surface area (Å²) in [7, 11) is 0. The van der Waals surface area contributed by atoms with Crippen LogP contribution in [-0.4, -0.2) is 19.9 Å². The average Bonchev–Trinajstić information content (AvgIpc) is 3.69. The second-order valence-corrected chi connectivity index (χ2v) is 12.0. The van der Waals surface area contributed by atoms with Gasteiger partial charge in [-0.1, -0.05) is 119 Å². The van der Waals surface area contributed by atoms with Crippen LogP contribution in [0.1, 0.15) is 0 Å². The Kier molecular flexibility index (Phi) is 7.75. The normalized spacial score (nSPS) is 11.2. The van der Waals surface area contributed by atoms with E-state index in [1.54, 1.807) is 0 Å². The summed E-state index contributed by atoms with van der Waals surface area (Å²) in [4.78, 5) is 17.1. The van der Waals surface area contributed by atoms with Crippen molar-refractivity contribution in [3.05, 3.63) is 141 Å². The topological polar surface area (TPSA) is 57.4 Å². The maximum Gasteiger partial charge on any atom is 0.138 e. The number of hydrogen-bond acceptors (Lipinski definition) is 2. The van der Waals surface area contributed by atoms with Crippen LogP contribution in [0.2, 0.25) is 20.1 Å². The number of aromatic amines is 2. The van der Waals surface area contributed by atoms with Crippen molar-refractivity contribution in [1.29, 1.82) is 0 Å². The Labute approximate surface area is 274 Å². The van der Waals surface area contributed by atoms with Crippen LogP contribution in [0.15, 0.2) is 121 Å². The third kappa shape index (κ3) is 5.78. The molecule has 0 saturated heterocycles. The zero-order valence-electron chi connectivity index (χ0n) is 23.0. The molecule has 0 atom stereocenters. The summed E-state index contributed by atoms with van der Waals surface area (Å²) in [6.07, 6.45) is 0. The lowest BCUT2D eigenvalue weighted by Gasteiger charge is -2.04. The van der Waals surface area contributed by atoms with Gasteiger partial charge in [0.15, 0.2) is 0 Å². The van der Waals surface area contributed by atoms with Gasteiger partial charge in [-0.15, -0.1) is 0 Å². The molecule has 7 aromatic rings. The van der Waals surface area contributed by atoms with Crippen LogP contribution in [0.25, 0.3) is 67.8 Å². The molecule has 44 heavy (non-hydrogen) atoms. The number of rotatable bonds is 6. The zero-order chi connectivity index (χ0) is 30.2. The minimum Gasteiger partial charge on any atom is -0.337 e. The fourth-order valence-electron chi connectivity index (χ4n) is 5.09. The zero-order valence-corrected chi connectivity index (χ0v) is 26.0. The van der Waals surface area contributed by atoms with E-state index in [2.05, 4.69) is 9.97 Å². The van der Waals surface area contributed by atoms with E-state index >= 15 is 0 Å². The molecule has 2 N–H and O–H groups in total. The molecule has 0 aliphatic heterocycles. The number of imidazole rings is 2. The van der Waals surface area contributed by atoms with Crippen molar-refractivity contribution in [1.82, 2.24) is 19.9 Å². The van der Waals surface area contributed by atoms with Gasteiger partial charge in [0.2, 0.25) is 0 Å². The second-order valence-electron chi connectivity index (χ2n) is 10.2. The molecule has 0 amide bonds. The largest absolute Gasteiger partial charge is 0.337 e. The van der Waals surface area contributed by atoms with Crippen molar-refractivity contribution in [2.24, 2.45) is 0 Å². The van der Waals surface area contributed by atoms with E-state index in [1.807, 2.05) is 121 Å². The van der Waals surface area contributed by atoms with Crippen LogP contribution in [0, 0.1) is 0 Å². The quantitative estimate of drug-likeness (QED) is 0.188. The highest BCUT2D eigenvalue weighted by Crippen LogP contribution is 2.37. The van der Waals surface area contributed by atoms with Crippen LogP contribution in [0.4, 0.5) is 0 Å². The fourth-order valence-corrected chi connectivity index (χ4v) is 5.59. The van der Waals surface area contributed by atoms with Crippen molar-refractivity contribution in [3.63, 3.8) is 0 Å². The van der Waals surface area contributed by atoms with E-state index < -0.39 is 0 Å². The van der Waals surface area contributed by atoms with Gasteiger partial charge in [0, 0.05) is 53.5 Å². The van der Waals surface area contributed by atoms with Crippen molar-refractivity contribution in [3.8, 4) is 67.8 Å². The van der Waals surface area contributed by atoms with Gasteiger partial charge in [0.1, 0.15) is 11.6 Å². The van der Waals surface area contributed by atoms with Crippen LogP contribution in [-0.2, 0) is 0 Å². The summed E-state index contributed by atoms with van der Waals surface area (Å²) < 4.78 is 0. The van der Waals surface area contributed by atoms with Crippen LogP contribution in [0.5, 0.6) is 0 Å². The third-order valence-corrected chi connectivity index (χ3v) is 8.35. The molecule has 4 nitrogen and oxygen atoms in total. The van der Waals surface area contributed by atoms with Gasteiger partial charge in [-0.3, -0.25) is 0 Å². The molecular formula is C36H22Cl4N4. The molecule has 8 heteroatoms. The summed E-state index contributed by atoms with van der Waals surface area (Å²) in [5, 5.41) is 2.69. The van der Waals surface area contributed by atoms with Gasteiger partial charge in [0.25, 0.3) is 0 Å². The Morgan fingerprint density at radius 3 is 0.864 bits per heavy atom.